The highest BCUT2D eigenvalue weighted by molar-refractivity contribution is 5.89. The number of allylic oxidation sites excluding steroid dienone is 2. The molecule has 1 aromatic rings. The van der Waals surface area contributed by atoms with Crippen LogP contribution in [0.1, 0.15) is 117 Å². The molecule has 0 unspecified atom stereocenters. The molecule has 6 rings (SSSR count). The summed E-state index contributed by atoms with van der Waals surface area (Å²) < 4.78 is 20.4. The Bertz CT molecular complexity index is 1360. The summed E-state index contributed by atoms with van der Waals surface area (Å²) >= 11 is 0. The molecule has 0 aromatic heterocycles. The first-order chi connectivity index (χ1) is 19.9. The SMILES string of the molecule is CC1(C)CC[C@]2(C(=O)O)CC[C@]3(C)C(=CC[C@@H]4[C@@]5(C)C[C@@H](O)[C@H](OC(=O)c6ccccc6F)C(C)(C)[C@@H]5CC[C@]43C)[C@@H]2C1. The third-order valence-electron chi connectivity index (χ3n) is 14.3. The van der Waals surface area contributed by atoms with Crippen LogP contribution in [0.25, 0.3) is 0 Å². The van der Waals surface area contributed by atoms with Crippen LogP contribution < -0.4 is 0 Å². The molecule has 5 aliphatic rings. The molecule has 0 amide bonds. The van der Waals surface area contributed by atoms with Crippen molar-refractivity contribution in [1.29, 1.82) is 0 Å². The van der Waals surface area contributed by atoms with Gasteiger partial charge in [0.2, 0.25) is 0 Å². The first kappa shape index (κ1) is 30.8. The third kappa shape index (κ3) is 4.17. The van der Waals surface area contributed by atoms with E-state index in [9.17, 15) is 24.2 Å². The molecular weight excluding hydrogens is 543 g/mol. The zero-order valence-electron chi connectivity index (χ0n) is 27.1. The van der Waals surface area contributed by atoms with E-state index >= 15 is 0 Å². The topological polar surface area (TPSA) is 83.8 Å². The fraction of sp³-hybridized carbons (Fsp3) is 0.730. The van der Waals surface area contributed by atoms with E-state index in [4.69, 9.17) is 4.74 Å². The summed E-state index contributed by atoms with van der Waals surface area (Å²) in [5.74, 6) is -1.39. The molecule has 5 nitrogen and oxygen atoms in total. The quantitative estimate of drug-likeness (QED) is 0.272. The molecule has 0 bridgehead atoms. The number of carboxylic acids is 1. The summed E-state index contributed by atoms with van der Waals surface area (Å²) in [6, 6.07) is 5.85. The summed E-state index contributed by atoms with van der Waals surface area (Å²) in [5, 5.41) is 22.3. The molecular formula is C37H51FO5. The maximum Gasteiger partial charge on any atom is 0.341 e. The van der Waals surface area contributed by atoms with Crippen LogP contribution in [-0.2, 0) is 9.53 Å². The Balaban J connectivity index is 1.35. The van der Waals surface area contributed by atoms with Gasteiger partial charge in [0, 0.05) is 5.41 Å². The summed E-state index contributed by atoms with van der Waals surface area (Å²) in [6.45, 7) is 16.0. The number of aliphatic carboxylic acids is 1. The Kier molecular flexibility index (Phi) is 6.91. The zero-order chi connectivity index (χ0) is 31.4. The normalized spacial score (nSPS) is 44.5. The fourth-order valence-electron chi connectivity index (χ4n) is 11.8. The molecule has 0 aliphatic heterocycles. The van der Waals surface area contributed by atoms with Gasteiger partial charge in [0.05, 0.1) is 17.1 Å². The van der Waals surface area contributed by atoms with Gasteiger partial charge in [-0.05, 0) is 109 Å². The minimum Gasteiger partial charge on any atom is -0.481 e. The minimum atomic E-state index is -0.863. The number of hydrogen-bond donors (Lipinski definition) is 2. The molecule has 236 valence electrons. The van der Waals surface area contributed by atoms with Gasteiger partial charge in [-0.3, -0.25) is 4.79 Å². The lowest BCUT2D eigenvalue weighted by Gasteiger charge is -2.71. The Morgan fingerprint density at radius 2 is 1.58 bits per heavy atom. The molecule has 4 fully saturated rings. The summed E-state index contributed by atoms with van der Waals surface area (Å²) in [5.41, 5.74) is -0.117. The highest BCUT2D eigenvalue weighted by Crippen LogP contribution is 2.75. The van der Waals surface area contributed by atoms with Crippen LogP contribution in [0.4, 0.5) is 4.39 Å². The molecule has 2 N–H and O–H groups in total. The average molecular weight is 595 g/mol. The number of esters is 1. The molecule has 0 radical (unpaired) electrons. The predicted octanol–water partition coefficient (Wildman–Crippen LogP) is 8.21. The summed E-state index contributed by atoms with van der Waals surface area (Å²) in [7, 11) is 0. The van der Waals surface area contributed by atoms with E-state index < -0.39 is 40.8 Å². The van der Waals surface area contributed by atoms with Crippen molar-refractivity contribution in [2.24, 2.45) is 50.2 Å². The number of aliphatic hydroxyl groups excluding tert-OH is 1. The van der Waals surface area contributed by atoms with E-state index in [-0.39, 0.29) is 39.1 Å². The molecule has 0 spiro atoms. The van der Waals surface area contributed by atoms with Gasteiger partial charge < -0.3 is 14.9 Å². The van der Waals surface area contributed by atoms with Crippen molar-refractivity contribution in [2.45, 2.75) is 118 Å². The van der Waals surface area contributed by atoms with Gasteiger partial charge in [-0.2, -0.15) is 0 Å². The van der Waals surface area contributed by atoms with E-state index in [2.05, 4.69) is 54.5 Å². The number of rotatable bonds is 3. The van der Waals surface area contributed by atoms with Crippen molar-refractivity contribution in [3.8, 4) is 0 Å². The highest BCUT2D eigenvalue weighted by Gasteiger charge is 2.70. The van der Waals surface area contributed by atoms with Crippen LogP contribution in [-0.4, -0.2) is 34.4 Å². The second-order valence-corrected chi connectivity index (χ2v) is 17.1. The summed E-state index contributed by atoms with van der Waals surface area (Å²) in [6.07, 6.45) is 8.42. The Morgan fingerprint density at radius 1 is 0.907 bits per heavy atom. The maximum atomic E-state index is 14.4. The summed E-state index contributed by atoms with van der Waals surface area (Å²) in [4.78, 5) is 26.0. The molecule has 5 aliphatic carbocycles. The lowest BCUT2D eigenvalue weighted by Crippen LogP contribution is -2.67. The second-order valence-electron chi connectivity index (χ2n) is 17.1. The number of carbonyl (C=O) groups excluding carboxylic acids is 1. The van der Waals surface area contributed by atoms with Crippen LogP contribution in [0.5, 0.6) is 0 Å². The third-order valence-corrected chi connectivity index (χ3v) is 14.3. The minimum absolute atomic E-state index is 0.0406. The van der Waals surface area contributed by atoms with Crippen LogP contribution >= 0.6 is 0 Å². The lowest BCUT2D eigenvalue weighted by atomic mass is 9.33. The number of ether oxygens (including phenoxy) is 1. The molecule has 0 saturated heterocycles. The number of hydrogen-bond acceptors (Lipinski definition) is 4. The molecule has 9 atom stereocenters. The first-order valence-electron chi connectivity index (χ1n) is 16.5. The molecule has 0 heterocycles. The number of carbonyl (C=O) groups is 2. The number of aliphatic hydroxyl groups is 1. The monoisotopic (exact) mass is 594 g/mol. The van der Waals surface area contributed by atoms with Crippen LogP contribution in [0, 0.1) is 56.1 Å². The molecule has 4 saturated carbocycles. The van der Waals surface area contributed by atoms with Crippen molar-refractivity contribution in [3.63, 3.8) is 0 Å². The van der Waals surface area contributed by atoms with Gasteiger partial charge in [-0.15, -0.1) is 0 Å². The van der Waals surface area contributed by atoms with Crippen molar-refractivity contribution in [2.75, 3.05) is 0 Å². The Hall–Kier alpha value is -2.21. The van der Waals surface area contributed by atoms with E-state index in [1.165, 1.54) is 17.7 Å². The average Bonchev–Trinajstić information content (AvgIpc) is 2.91. The zero-order valence-corrected chi connectivity index (χ0v) is 27.1. The Morgan fingerprint density at radius 3 is 2.26 bits per heavy atom. The van der Waals surface area contributed by atoms with Crippen molar-refractivity contribution in [3.05, 3.63) is 47.3 Å². The standard InChI is InChI=1S/C37H51FO5/c1-32(2)16-18-37(31(41)42)19-17-35(6)23(24(37)20-32)12-13-28-34(5)21-26(39)29(33(3,4)27(34)14-15-36(28,35)7)43-30(40)22-10-8-9-11-25(22)38/h8-12,24,26-29,39H,13-21H2,1-7H3,(H,41,42)/t24-,26+,27-,28+,29-,34-,35+,36+,37-/m0/s1. The molecule has 6 heteroatoms. The lowest BCUT2D eigenvalue weighted by molar-refractivity contribution is -0.231. The van der Waals surface area contributed by atoms with E-state index in [1.54, 1.807) is 12.1 Å². The predicted molar refractivity (Wildman–Crippen MR) is 164 cm³/mol. The van der Waals surface area contributed by atoms with Gasteiger partial charge in [-0.1, -0.05) is 72.2 Å². The van der Waals surface area contributed by atoms with Gasteiger partial charge in [0.1, 0.15) is 11.9 Å². The van der Waals surface area contributed by atoms with Gasteiger partial charge in [0.15, 0.2) is 0 Å². The molecule has 1 aromatic carbocycles. The van der Waals surface area contributed by atoms with E-state index in [0.29, 0.717) is 12.3 Å². The number of benzene rings is 1. The van der Waals surface area contributed by atoms with Crippen LogP contribution in [0.3, 0.4) is 0 Å². The van der Waals surface area contributed by atoms with Gasteiger partial charge in [0.25, 0.3) is 0 Å². The van der Waals surface area contributed by atoms with Gasteiger partial charge >= 0.3 is 11.9 Å². The number of halogens is 1. The smallest absolute Gasteiger partial charge is 0.341 e. The Labute approximate surface area is 256 Å². The largest absolute Gasteiger partial charge is 0.481 e. The number of fused-ring (bicyclic) bond motifs is 7. The fourth-order valence-corrected chi connectivity index (χ4v) is 11.8. The van der Waals surface area contributed by atoms with Gasteiger partial charge in [-0.25, -0.2) is 9.18 Å². The van der Waals surface area contributed by atoms with E-state index in [1.807, 2.05) is 0 Å². The highest BCUT2D eigenvalue weighted by atomic mass is 19.1. The maximum absolute atomic E-state index is 14.4. The van der Waals surface area contributed by atoms with Crippen molar-refractivity contribution in [1.82, 2.24) is 0 Å². The first-order valence-corrected chi connectivity index (χ1v) is 16.5. The molecule has 43 heavy (non-hydrogen) atoms. The van der Waals surface area contributed by atoms with E-state index in [0.717, 1.165) is 51.4 Å². The van der Waals surface area contributed by atoms with Crippen molar-refractivity contribution < 1.29 is 28.9 Å². The van der Waals surface area contributed by atoms with Crippen molar-refractivity contribution >= 4 is 11.9 Å². The van der Waals surface area contributed by atoms with Crippen LogP contribution in [0.2, 0.25) is 0 Å². The number of carboxylic acid groups (broad SMARTS) is 1. The van der Waals surface area contributed by atoms with Crippen LogP contribution in [0.15, 0.2) is 35.9 Å². The second kappa shape index (κ2) is 9.64.